The molecule has 1 atom stereocenters. The molecule has 2 aromatic carbocycles. The van der Waals surface area contributed by atoms with E-state index >= 15 is 0 Å². The lowest BCUT2D eigenvalue weighted by molar-refractivity contribution is -0.384. The van der Waals surface area contributed by atoms with Gasteiger partial charge in [0.2, 0.25) is 5.91 Å². The van der Waals surface area contributed by atoms with E-state index in [-0.39, 0.29) is 35.9 Å². The summed E-state index contributed by atoms with van der Waals surface area (Å²) in [5, 5.41) is 33.8. The minimum absolute atomic E-state index is 0.0312. The van der Waals surface area contributed by atoms with Crippen LogP contribution in [-0.2, 0) is 25.8 Å². The molecule has 3 rings (SSSR count). The molecule has 13 heteroatoms. The van der Waals surface area contributed by atoms with Crippen LogP contribution < -0.4 is 10.6 Å². The zero-order chi connectivity index (χ0) is 32.2. The Morgan fingerprint density at radius 1 is 1.07 bits per heavy atom. The number of carboxylic acid groups (broad SMARTS) is 1. The van der Waals surface area contributed by atoms with Gasteiger partial charge in [0.05, 0.1) is 4.92 Å². The second kappa shape index (κ2) is 16.1. The number of carbonyl (C=O) groups excluding carboxylic acids is 2. The molecular formula is C30H41N3O9S. The van der Waals surface area contributed by atoms with Gasteiger partial charge in [0.15, 0.2) is 0 Å². The summed E-state index contributed by atoms with van der Waals surface area (Å²) < 4.78 is 22.9. The van der Waals surface area contributed by atoms with E-state index in [1.54, 1.807) is 38.1 Å². The molecule has 0 heterocycles. The number of aliphatic hydroxyl groups is 1. The molecule has 0 saturated heterocycles. The molecule has 1 aliphatic carbocycles. The number of rotatable bonds is 13. The lowest BCUT2D eigenvalue weighted by Crippen LogP contribution is -2.48. The molecule has 2 aromatic rings. The minimum atomic E-state index is -3.08. The van der Waals surface area contributed by atoms with Crippen molar-refractivity contribution in [2.75, 3.05) is 23.9 Å². The number of nitrogens with one attached hydrogen (secondary N) is 2. The number of nitrogens with zero attached hydrogens (tertiary/aromatic N) is 1. The number of sulfone groups is 1. The topological polar surface area (TPSA) is 193 Å². The lowest BCUT2D eigenvalue weighted by Gasteiger charge is -2.29. The molecule has 236 valence electrons. The average Bonchev–Trinajstić information content (AvgIpc) is 3.42. The molecule has 0 aromatic heterocycles. The van der Waals surface area contributed by atoms with E-state index in [4.69, 9.17) is 5.11 Å². The van der Waals surface area contributed by atoms with Gasteiger partial charge in [-0.25, -0.2) is 13.2 Å². The highest BCUT2D eigenvalue weighted by Gasteiger charge is 2.41. The zero-order valence-electron chi connectivity index (χ0n) is 24.8. The fourth-order valence-electron chi connectivity index (χ4n) is 5.11. The second-order valence-electron chi connectivity index (χ2n) is 10.9. The summed E-state index contributed by atoms with van der Waals surface area (Å²) >= 11 is 0. The number of non-ortho nitro benzene ring substituents is 1. The molecule has 2 amide bonds. The van der Waals surface area contributed by atoms with Gasteiger partial charge in [-0.15, -0.1) is 0 Å². The van der Waals surface area contributed by atoms with Crippen LogP contribution in [0.5, 0.6) is 0 Å². The Balaban J connectivity index is 0.00000206. The van der Waals surface area contributed by atoms with Gasteiger partial charge < -0.3 is 20.8 Å². The summed E-state index contributed by atoms with van der Waals surface area (Å²) in [6, 6.07) is 9.37. The molecule has 4 N–H and O–H groups in total. The standard InChI is InChI=1S/C28H35N3O8S.C2H6O/c1-19-7-12-22(31(36)37)18-23(19)25(32)29-21-10-8-20(9-11-21)17-24(26(33)34)30-27(35)28(13-3-4-14-28)15-5-6-16-40(2,38)39;1-2-3/h7-12,18,24H,3-6,13-17H2,1-2H3,(H,29,32)(H,30,35)(H,33,34);3H,2H2,1H3/t24-;/m0./s1. The summed E-state index contributed by atoms with van der Waals surface area (Å²) in [5.41, 5.74) is 0.921. The summed E-state index contributed by atoms with van der Waals surface area (Å²) in [7, 11) is -3.08. The highest BCUT2D eigenvalue weighted by atomic mass is 32.2. The highest BCUT2D eigenvalue weighted by Crippen LogP contribution is 2.42. The number of hydrogen-bond acceptors (Lipinski definition) is 8. The Kier molecular flexibility index (Phi) is 13.3. The number of hydrogen-bond donors (Lipinski definition) is 4. The van der Waals surface area contributed by atoms with Crippen LogP contribution in [0.4, 0.5) is 11.4 Å². The van der Waals surface area contributed by atoms with Crippen molar-refractivity contribution in [3.8, 4) is 0 Å². The van der Waals surface area contributed by atoms with Crippen molar-refractivity contribution < 1.29 is 37.9 Å². The number of carboxylic acids is 1. The van der Waals surface area contributed by atoms with Gasteiger partial charge in [0.25, 0.3) is 11.6 Å². The van der Waals surface area contributed by atoms with E-state index in [1.807, 2.05) is 0 Å². The number of aliphatic hydroxyl groups excluding tert-OH is 1. The first kappa shape index (κ1) is 35.4. The third-order valence-corrected chi connectivity index (χ3v) is 8.42. The summed E-state index contributed by atoms with van der Waals surface area (Å²) in [5.74, 6) is -1.93. The summed E-state index contributed by atoms with van der Waals surface area (Å²) in [4.78, 5) is 48.5. The fourth-order valence-corrected chi connectivity index (χ4v) is 5.84. The smallest absolute Gasteiger partial charge is 0.326 e. The van der Waals surface area contributed by atoms with Crippen LogP contribution >= 0.6 is 0 Å². The molecular weight excluding hydrogens is 578 g/mol. The maximum atomic E-state index is 13.3. The van der Waals surface area contributed by atoms with Gasteiger partial charge in [0.1, 0.15) is 15.9 Å². The third kappa shape index (κ3) is 11.1. The quantitative estimate of drug-likeness (QED) is 0.145. The normalized spacial score (nSPS) is 14.6. The zero-order valence-corrected chi connectivity index (χ0v) is 25.6. The Morgan fingerprint density at radius 2 is 1.67 bits per heavy atom. The van der Waals surface area contributed by atoms with Crippen LogP contribution in [0.1, 0.15) is 73.4 Å². The van der Waals surface area contributed by atoms with Crippen molar-refractivity contribution in [2.24, 2.45) is 5.41 Å². The molecule has 0 unspecified atom stereocenters. The minimum Gasteiger partial charge on any atom is -0.480 e. The van der Waals surface area contributed by atoms with Gasteiger partial charge in [0, 0.05) is 53.8 Å². The maximum Gasteiger partial charge on any atom is 0.326 e. The largest absolute Gasteiger partial charge is 0.480 e. The fraction of sp³-hybridized carbons (Fsp3) is 0.500. The van der Waals surface area contributed by atoms with Crippen molar-refractivity contribution in [1.29, 1.82) is 0 Å². The van der Waals surface area contributed by atoms with Crippen molar-refractivity contribution in [2.45, 2.75) is 71.3 Å². The first-order valence-corrected chi connectivity index (χ1v) is 16.2. The SMILES string of the molecule is CCO.Cc1ccc([N+](=O)[O-])cc1C(=O)Nc1ccc(C[C@H](NC(=O)C2(CCCCS(C)(=O)=O)CCCC2)C(=O)O)cc1. The van der Waals surface area contributed by atoms with E-state index in [0.29, 0.717) is 48.9 Å². The Hall–Kier alpha value is -3.84. The molecule has 1 saturated carbocycles. The Morgan fingerprint density at radius 3 is 2.21 bits per heavy atom. The van der Waals surface area contributed by atoms with Gasteiger partial charge in [-0.05, 0) is 62.8 Å². The van der Waals surface area contributed by atoms with Crippen LogP contribution in [0.15, 0.2) is 42.5 Å². The van der Waals surface area contributed by atoms with Crippen molar-refractivity contribution >= 4 is 39.0 Å². The number of aliphatic carboxylic acids is 1. The predicted octanol–water partition coefficient (Wildman–Crippen LogP) is 4.04. The van der Waals surface area contributed by atoms with Crippen molar-refractivity contribution in [3.63, 3.8) is 0 Å². The molecule has 0 bridgehead atoms. The highest BCUT2D eigenvalue weighted by molar-refractivity contribution is 7.90. The average molecular weight is 620 g/mol. The van der Waals surface area contributed by atoms with Crippen LogP contribution in [0.25, 0.3) is 0 Å². The second-order valence-corrected chi connectivity index (χ2v) is 13.1. The molecule has 0 radical (unpaired) electrons. The van der Waals surface area contributed by atoms with E-state index < -0.39 is 38.1 Å². The molecule has 43 heavy (non-hydrogen) atoms. The number of amides is 2. The van der Waals surface area contributed by atoms with Gasteiger partial charge in [-0.3, -0.25) is 19.7 Å². The van der Waals surface area contributed by atoms with Crippen LogP contribution in [0.3, 0.4) is 0 Å². The first-order valence-electron chi connectivity index (χ1n) is 14.2. The van der Waals surface area contributed by atoms with Gasteiger partial charge in [-0.2, -0.15) is 0 Å². The number of nitro groups is 1. The Bertz CT molecular complexity index is 1390. The molecule has 1 fully saturated rings. The third-order valence-electron chi connectivity index (χ3n) is 7.39. The monoisotopic (exact) mass is 619 g/mol. The number of benzene rings is 2. The van der Waals surface area contributed by atoms with E-state index in [2.05, 4.69) is 10.6 Å². The Labute approximate surface area is 252 Å². The van der Waals surface area contributed by atoms with Crippen molar-refractivity contribution in [1.82, 2.24) is 5.32 Å². The summed E-state index contributed by atoms with van der Waals surface area (Å²) in [6.07, 6.45) is 5.76. The number of nitro benzene ring substituents is 1. The number of unbranched alkanes of at least 4 members (excludes halogenated alkanes) is 1. The predicted molar refractivity (Wildman–Crippen MR) is 163 cm³/mol. The van der Waals surface area contributed by atoms with Crippen LogP contribution in [0, 0.1) is 22.5 Å². The van der Waals surface area contributed by atoms with Crippen LogP contribution in [-0.4, -0.2) is 66.0 Å². The molecule has 1 aliphatic rings. The summed E-state index contributed by atoms with van der Waals surface area (Å²) in [6.45, 7) is 3.60. The number of carbonyl (C=O) groups is 3. The van der Waals surface area contributed by atoms with E-state index in [9.17, 15) is 38.0 Å². The van der Waals surface area contributed by atoms with Crippen molar-refractivity contribution in [3.05, 3.63) is 69.3 Å². The molecule has 0 aliphatic heterocycles. The first-order chi connectivity index (χ1) is 20.2. The van der Waals surface area contributed by atoms with Crippen LogP contribution in [0.2, 0.25) is 0 Å². The lowest BCUT2D eigenvalue weighted by atomic mass is 9.80. The maximum absolute atomic E-state index is 13.3. The van der Waals surface area contributed by atoms with E-state index in [1.165, 1.54) is 24.5 Å². The number of aryl methyl sites for hydroxylation is 1. The molecule has 12 nitrogen and oxygen atoms in total. The molecule has 0 spiro atoms. The van der Waals surface area contributed by atoms with Gasteiger partial charge >= 0.3 is 5.97 Å². The van der Waals surface area contributed by atoms with E-state index in [0.717, 1.165) is 12.8 Å². The van der Waals surface area contributed by atoms with Gasteiger partial charge in [-0.1, -0.05) is 37.5 Å². The number of anilines is 1.